The number of hydrogen-bond acceptors (Lipinski definition) is 2. The minimum atomic E-state index is -4.11. The Hall–Kier alpha value is -0.640. The van der Waals surface area contributed by atoms with Crippen molar-refractivity contribution >= 4 is 13.6 Å². The number of aliphatic carboxylic acids is 1. The van der Waals surface area contributed by atoms with E-state index in [-0.39, 0.29) is 5.57 Å². The first-order valence-electron chi connectivity index (χ1n) is 2.76. The third-order valence-corrected chi connectivity index (χ3v) is 1.74. The van der Waals surface area contributed by atoms with Gasteiger partial charge in [-0.1, -0.05) is 5.57 Å². The molecule has 64 valence electrons. The van der Waals surface area contributed by atoms with E-state index in [0.29, 0.717) is 0 Å². The molecule has 0 fully saturated rings. The zero-order valence-corrected chi connectivity index (χ0v) is 6.78. The van der Waals surface area contributed by atoms with E-state index in [1.54, 1.807) is 0 Å². The number of carboxylic acid groups (broad SMARTS) is 1. The van der Waals surface area contributed by atoms with E-state index in [2.05, 4.69) is 0 Å². The van der Waals surface area contributed by atoms with Gasteiger partial charge in [-0.25, -0.2) is 4.79 Å². The molecule has 0 aromatic carbocycles. The van der Waals surface area contributed by atoms with E-state index < -0.39 is 19.7 Å². The standard InChI is InChI=1S/C5H9O5P/c1-4(2-5(6)7)3-11(8,9)10/h2H,3H2,1H3,(H,6,7)(H2,8,9,10)/b4-2+. The maximum absolute atomic E-state index is 10.3. The van der Waals surface area contributed by atoms with Gasteiger partial charge in [0.05, 0.1) is 6.16 Å². The fourth-order valence-electron chi connectivity index (χ4n) is 0.581. The lowest BCUT2D eigenvalue weighted by Gasteiger charge is -2.01. The lowest BCUT2D eigenvalue weighted by Crippen LogP contribution is -1.94. The smallest absolute Gasteiger partial charge is 0.329 e. The van der Waals surface area contributed by atoms with E-state index in [9.17, 15) is 9.36 Å². The maximum Gasteiger partial charge on any atom is 0.329 e. The molecule has 3 N–H and O–H groups in total. The highest BCUT2D eigenvalue weighted by molar-refractivity contribution is 7.52. The first kappa shape index (κ1) is 10.4. The van der Waals surface area contributed by atoms with Crippen molar-refractivity contribution in [1.29, 1.82) is 0 Å². The zero-order chi connectivity index (χ0) is 9.07. The van der Waals surface area contributed by atoms with E-state index in [1.807, 2.05) is 0 Å². The Morgan fingerprint density at radius 2 is 2.00 bits per heavy atom. The van der Waals surface area contributed by atoms with Gasteiger partial charge in [0.2, 0.25) is 0 Å². The third-order valence-electron chi connectivity index (χ3n) is 0.825. The summed E-state index contributed by atoms with van der Waals surface area (Å²) in [6.07, 6.45) is 0.276. The molecule has 0 unspecified atom stereocenters. The van der Waals surface area contributed by atoms with E-state index in [4.69, 9.17) is 14.9 Å². The summed E-state index contributed by atoms with van der Waals surface area (Å²) in [6.45, 7) is 1.35. The van der Waals surface area contributed by atoms with Crippen LogP contribution in [0.3, 0.4) is 0 Å². The fourth-order valence-corrected chi connectivity index (χ4v) is 1.32. The molecule has 0 atom stereocenters. The second-order valence-electron chi connectivity index (χ2n) is 2.15. The molecule has 0 saturated carbocycles. The van der Waals surface area contributed by atoms with Gasteiger partial charge in [0.15, 0.2) is 0 Å². The lowest BCUT2D eigenvalue weighted by molar-refractivity contribution is -0.131. The second kappa shape index (κ2) is 3.67. The molecule has 11 heavy (non-hydrogen) atoms. The van der Waals surface area contributed by atoms with Crippen LogP contribution in [-0.4, -0.2) is 27.0 Å². The van der Waals surface area contributed by atoms with Crippen LogP contribution in [0.4, 0.5) is 0 Å². The second-order valence-corrected chi connectivity index (χ2v) is 3.80. The molecule has 0 amide bonds. The van der Waals surface area contributed by atoms with Crippen molar-refractivity contribution < 1.29 is 24.3 Å². The summed E-state index contributed by atoms with van der Waals surface area (Å²) in [7, 11) is -4.11. The van der Waals surface area contributed by atoms with Gasteiger partial charge in [0.1, 0.15) is 0 Å². The molecule has 0 aliphatic rings. The fraction of sp³-hybridized carbons (Fsp3) is 0.400. The van der Waals surface area contributed by atoms with Crippen molar-refractivity contribution in [2.45, 2.75) is 6.92 Å². The van der Waals surface area contributed by atoms with Crippen LogP contribution >= 0.6 is 7.60 Å². The van der Waals surface area contributed by atoms with Crippen molar-refractivity contribution in [3.05, 3.63) is 11.6 Å². The van der Waals surface area contributed by atoms with Gasteiger partial charge in [-0.15, -0.1) is 0 Å². The molecule has 0 heterocycles. The Morgan fingerprint density at radius 3 is 2.27 bits per heavy atom. The monoisotopic (exact) mass is 180 g/mol. The summed E-state index contributed by atoms with van der Waals surface area (Å²) in [5.41, 5.74) is 0.158. The molecule has 0 bridgehead atoms. The molecule has 0 saturated heterocycles. The molecule has 0 spiro atoms. The third kappa shape index (κ3) is 7.25. The van der Waals surface area contributed by atoms with Gasteiger partial charge in [-0.3, -0.25) is 4.57 Å². The minimum Gasteiger partial charge on any atom is -0.478 e. The van der Waals surface area contributed by atoms with E-state index in [0.717, 1.165) is 6.08 Å². The summed E-state index contributed by atoms with van der Waals surface area (Å²) < 4.78 is 10.3. The lowest BCUT2D eigenvalue weighted by atomic mass is 10.3. The average Bonchev–Trinajstić information content (AvgIpc) is 1.53. The Bertz CT molecular complexity index is 225. The van der Waals surface area contributed by atoms with E-state index >= 15 is 0 Å². The van der Waals surface area contributed by atoms with Crippen LogP contribution in [0.5, 0.6) is 0 Å². The summed E-state index contributed by atoms with van der Waals surface area (Å²) in [6, 6.07) is 0. The average molecular weight is 180 g/mol. The van der Waals surface area contributed by atoms with Gasteiger partial charge in [0.25, 0.3) is 0 Å². The minimum absolute atomic E-state index is 0.158. The van der Waals surface area contributed by atoms with Crippen LogP contribution < -0.4 is 0 Å². The van der Waals surface area contributed by atoms with Crippen LogP contribution in [-0.2, 0) is 9.36 Å². The van der Waals surface area contributed by atoms with Gasteiger partial charge in [-0.05, 0) is 6.92 Å². The maximum atomic E-state index is 10.3. The summed E-state index contributed by atoms with van der Waals surface area (Å²) in [4.78, 5) is 26.7. The number of allylic oxidation sites excluding steroid dienone is 1. The predicted molar refractivity (Wildman–Crippen MR) is 38.3 cm³/mol. The normalized spacial score (nSPS) is 13.2. The van der Waals surface area contributed by atoms with Crippen LogP contribution in [0.15, 0.2) is 11.6 Å². The van der Waals surface area contributed by atoms with Gasteiger partial charge in [0, 0.05) is 6.08 Å². The number of carboxylic acids is 1. The molecule has 0 radical (unpaired) electrons. The van der Waals surface area contributed by atoms with Gasteiger partial charge >= 0.3 is 13.6 Å². The molecular formula is C5H9O5P. The highest BCUT2D eigenvalue weighted by atomic mass is 31.2. The first-order chi connectivity index (χ1) is 4.81. The van der Waals surface area contributed by atoms with Gasteiger partial charge in [-0.2, -0.15) is 0 Å². The molecule has 5 nitrogen and oxygen atoms in total. The van der Waals surface area contributed by atoms with Crippen molar-refractivity contribution in [1.82, 2.24) is 0 Å². The first-order valence-corrected chi connectivity index (χ1v) is 4.56. The summed E-state index contributed by atoms with van der Waals surface area (Å²) in [5.74, 6) is -1.20. The highest BCUT2D eigenvalue weighted by Crippen LogP contribution is 2.36. The number of rotatable bonds is 3. The van der Waals surface area contributed by atoms with Crippen molar-refractivity contribution in [2.75, 3.05) is 6.16 Å². The van der Waals surface area contributed by atoms with Crippen LogP contribution in [0.25, 0.3) is 0 Å². The predicted octanol–water partition coefficient (Wildman–Crippen LogP) is 0.195. The Balaban J connectivity index is 4.19. The molecule has 0 aromatic rings. The SMILES string of the molecule is C/C(=C\C(=O)O)CP(=O)(O)O. The largest absolute Gasteiger partial charge is 0.478 e. The number of hydrogen-bond donors (Lipinski definition) is 3. The highest BCUT2D eigenvalue weighted by Gasteiger charge is 2.13. The van der Waals surface area contributed by atoms with Crippen LogP contribution in [0, 0.1) is 0 Å². The topological polar surface area (TPSA) is 94.8 Å². The molecule has 6 heteroatoms. The Kier molecular flexibility index (Phi) is 3.45. The van der Waals surface area contributed by atoms with Crippen LogP contribution in [0.1, 0.15) is 6.92 Å². The van der Waals surface area contributed by atoms with Crippen LogP contribution in [0.2, 0.25) is 0 Å². The summed E-state index contributed by atoms with van der Waals surface area (Å²) in [5, 5.41) is 8.15. The van der Waals surface area contributed by atoms with E-state index in [1.165, 1.54) is 6.92 Å². The van der Waals surface area contributed by atoms with Crippen molar-refractivity contribution in [3.63, 3.8) is 0 Å². The zero-order valence-electron chi connectivity index (χ0n) is 5.89. The van der Waals surface area contributed by atoms with Crippen molar-refractivity contribution in [2.24, 2.45) is 0 Å². The molecule has 0 aliphatic carbocycles. The summed E-state index contributed by atoms with van der Waals surface area (Å²) >= 11 is 0. The Labute approximate surface area is 63.5 Å². The molecular weight excluding hydrogens is 171 g/mol. The quantitative estimate of drug-likeness (QED) is 0.425. The molecule has 0 rings (SSSR count). The number of carbonyl (C=O) groups is 1. The Morgan fingerprint density at radius 1 is 1.55 bits per heavy atom. The van der Waals surface area contributed by atoms with Crippen molar-refractivity contribution in [3.8, 4) is 0 Å². The molecule has 0 aliphatic heterocycles. The molecule has 0 aromatic heterocycles. The van der Waals surface area contributed by atoms with Gasteiger partial charge < -0.3 is 14.9 Å².